The summed E-state index contributed by atoms with van der Waals surface area (Å²) in [4.78, 5) is 11.6. The molecule has 0 amide bonds. The molecule has 108 valence electrons. The van der Waals surface area contributed by atoms with Crippen molar-refractivity contribution < 1.29 is 0 Å². The molecule has 1 N–H and O–H groups in total. The third-order valence-electron chi connectivity index (χ3n) is 2.98. The van der Waals surface area contributed by atoms with E-state index in [0.29, 0.717) is 0 Å². The summed E-state index contributed by atoms with van der Waals surface area (Å²) in [5, 5.41) is 3.34. The highest BCUT2D eigenvalue weighted by atomic mass is 32.2. The fourth-order valence-corrected chi connectivity index (χ4v) is 2.39. The SMILES string of the molecule is CCCc1nc(NCC)c(C)c(N(C)CCSC)n1. The lowest BCUT2D eigenvalue weighted by atomic mass is 10.2. The molecule has 1 heterocycles. The van der Waals surface area contributed by atoms with Gasteiger partial charge in [-0.2, -0.15) is 11.8 Å². The maximum Gasteiger partial charge on any atom is 0.137 e. The van der Waals surface area contributed by atoms with Gasteiger partial charge in [0.25, 0.3) is 0 Å². The number of aromatic nitrogens is 2. The largest absolute Gasteiger partial charge is 0.370 e. The predicted molar refractivity (Wildman–Crippen MR) is 86.6 cm³/mol. The molecule has 0 aliphatic heterocycles. The van der Waals surface area contributed by atoms with Gasteiger partial charge in [0.1, 0.15) is 17.5 Å². The van der Waals surface area contributed by atoms with E-state index in [9.17, 15) is 0 Å². The molecule has 19 heavy (non-hydrogen) atoms. The summed E-state index contributed by atoms with van der Waals surface area (Å²) in [6, 6.07) is 0. The third-order valence-corrected chi connectivity index (χ3v) is 3.57. The molecule has 5 heteroatoms. The van der Waals surface area contributed by atoms with Crippen molar-refractivity contribution >= 4 is 23.4 Å². The molecule has 0 radical (unpaired) electrons. The summed E-state index contributed by atoms with van der Waals surface area (Å²) < 4.78 is 0. The predicted octanol–water partition coefficient (Wildman–Crippen LogP) is 2.97. The molecule has 0 atom stereocenters. The number of hydrogen-bond donors (Lipinski definition) is 1. The molecule has 0 aromatic carbocycles. The van der Waals surface area contributed by atoms with Gasteiger partial charge in [0.2, 0.25) is 0 Å². The lowest BCUT2D eigenvalue weighted by Gasteiger charge is -2.22. The summed E-state index contributed by atoms with van der Waals surface area (Å²) in [5.41, 5.74) is 1.14. The van der Waals surface area contributed by atoms with Crippen LogP contribution >= 0.6 is 11.8 Å². The number of thioether (sulfide) groups is 1. The van der Waals surface area contributed by atoms with Crippen LogP contribution in [0.25, 0.3) is 0 Å². The lowest BCUT2D eigenvalue weighted by Crippen LogP contribution is -2.24. The zero-order valence-corrected chi connectivity index (χ0v) is 13.6. The Bertz CT molecular complexity index is 395. The Kier molecular flexibility index (Phi) is 6.99. The molecule has 0 unspecified atom stereocenters. The van der Waals surface area contributed by atoms with E-state index in [0.717, 1.165) is 54.7 Å². The second-order valence-corrected chi connectivity index (χ2v) is 5.62. The second-order valence-electron chi connectivity index (χ2n) is 4.63. The first kappa shape index (κ1) is 16.1. The van der Waals surface area contributed by atoms with Gasteiger partial charge < -0.3 is 10.2 Å². The first-order valence-corrected chi connectivity index (χ1v) is 8.34. The Morgan fingerprint density at radius 2 is 2.00 bits per heavy atom. The van der Waals surface area contributed by atoms with E-state index in [2.05, 4.69) is 49.3 Å². The molecule has 1 rings (SSSR count). The van der Waals surface area contributed by atoms with Gasteiger partial charge in [0, 0.05) is 37.9 Å². The number of rotatable bonds is 8. The minimum Gasteiger partial charge on any atom is -0.370 e. The van der Waals surface area contributed by atoms with Crippen molar-refractivity contribution in [1.29, 1.82) is 0 Å². The maximum atomic E-state index is 4.72. The highest BCUT2D eigenvalue weighted by Gasteiger charge is 2.13. The molecular formula is C14H26N4S. The second kappa shape index (κ2) is 8.25. The van der Waals surface area contributed by atoms with Gasteiger partial charge in [-0.15, -0.1) is 0 Å². The molecular weight excluding hydrogens is 256 g/mol. The van der Waals surface area contributed by atoms with Crippen LogP contribution in [0, 0.1) is 6.92 Å². The van der Waals surface area contributed by atoms with E-state index >= 15 is 0 Å². The number of aryl methyl sites for hydroxylation is 1. The molecule has 0 saturated carbocycles. The zero-order valence-electron chi connectivity index (χ0n) is 12.8. The highest BCUT2D eigenvalue weighted by molar-refractivity contribution is 7.98. The van der Waals surface area contributed by atoms with Crippen molar-refractivity contribution in [3.8, 4) is 0 Å². The topological polar surface area (TPSA) is 41.1 Å². The van der Waals surface area contributed by atoms with Crippen LogP contribution in [0.4, 0.5) is 11.6 Å². The van der Waals surface area contributed by atoms with Gasteiger partial charge in [0.15, 0.2) is 0 Å². The standard InChI is InChI=1S/C14H26N4S/c1-6-8-12-16-13(15-7-2)11(3)14(17-12)18(4)9-10-19-5/h6-10H2,1-5H3,(H,15,16,17). The summed E-state index contributed by atoms with van der Waals surface area (Å²) in [6.07, 6.45) is 4.14. The Labute approximate surface area is 121 Å². The minimum absolute atomic E-state index is 0.886. The number of nitrogens with zero attached hydrogens (tertiary/aromatic N) is 3. The van der Waals surface area contributed by atoms with Gasteiger partial charge in [-0.25, -0.2) is 9.97 Å². The van der Waals surface area contributed by atoms with E-state index in [-0.39, 0.29) is 0 Å². The van der Waals surface area contributed by atoms with E-state index < -0.39 is 0 Å². The van der Waals surface area contributed by atoms with Crippen molar-refractivity contribution in [1.82, 2.24) is 9.97 Å². The van der Waals surface area contributed by atoms with Crippen LogP contribution in [0.1, 0.15) is 31.7 Å². The van der Waals surface area contributed by atoms with Gasteiger partial charge in [-0.1, -0.05) is 6.92 Å². The number of nitrogens with one attached hydrogen (secondary N) is 1. The Morgan fingerprint density at radius 1 is 1.26 bits per heavy atom. The van der Waals surface area contributed by atoms with E-state index in [1.165, 1.54) is 0 Å². The van der Waals surface area contributed by atoms with Crippen LogP contribution in [0.2, 0.25) is 0 Å². The summed E-state index contributed by atoms with van der Waals surface area (Å²) in [6.45, 7) is 8.25. The molecule has 0 aliphatic carbocycles. The molecule has 0 aliphatic rings. The lowest BCUT2D eigenvalue weighted by molar-refractivity contribution is 0.815. The molecule has 0 saturated heterocycles. The van der Waals surface area contributed by atoms with Crippen LogP contribution in [0.5, 0.6) is 0 Å². The van der Waals surface area contributed by atoms with Crippen molar-refractivity contribution in [3.63, 3.8) is 0 Å². The van der Waals surface area contributed by atoms with Crippen molar-refractivity contribution in [2.24, 2.45) is 0 Å². The third kappa shape index (κ3) is 4.56. The fraction of sp³-hybridized carbons (Fsp3) is 0.714. The molecule has 0 fully saturated rings. The van der Waals surface area contributed by atoms with E-state index in [1.807, 2.05) is 11.8 Å². The number of hydrogen-bond acceptors (Lipinski definition) is 5. The van der Waals surface area contributed by atoms with Crippen molar-refractivity contribution in [3.05, 3.63) is 11.4 Å². The van der Waals surface area contributed by atoms with Crippen molar-refractivity contribution in [2.45, 2.75) is 33.6 Å². The minimum atomic E-state index is 0.886. The van der Waals surface area contributed by atoms with E-state index in [1.54, 1.807) is 0 Å². The van der Waals surface area contributed by atoms with Gasteiger partial charge >= 0.3 is 0 Å². The average Bonchev–Trinajstić information content (AvgIpc) is 2.40. The van der Waals surface area contributed by atoms with Crippen LogP contribution < -0.4 is 10.2 Å². The van der Waals surface area contributed by atoms with Crippen molar-refractivity contribution in [2.75, 3.05) is 42.4 Å². The van der Waals surface area contributed by atoms with Crippen LogP contribution in [-0.4, -0.2) is 42.1 Å². The number of anilines is 2. The van der Waals surface area contributed by atoms with E-state index in [4.69, 9.17) is 4.98 Å². The van der Waals surface area contributed by atoms with Gasteiger partial charge in [-0.05, 0) is 26.5 Å². The average molecular weight is 282 g/mol. The van der Waals surface area contributed by atoms with Gasteiger partial charge in [0.05, 0.1) is 0 Å². The first-order valence-electron chi connectivity index (χ1n) is 6.95. The molecule has 0 bridgehead atoms. The zero-order chi connectivity index (χ0) is 14.3. The summed E-state index contributed by atoms with van der Waals surface area (Å²) >= 11 is 1.86. The van der Waals surface area contributed by atoms with Gasteiger partial charge in [-0.3, -0.25) is 0 Å². The first-order chi connectivity index (χ1) is 9.13. The molecule has 0 spiro atoms. The fourth-order valence-electron chi connectivity index (χ4n) is 1.93. The van der Waals surface area contributed by atoms with Crippen LogP contribution in [0.15, 0.2) is 0 Å². The smallest absolute Gasteiger partial charge is 0.137 e. The molecule has 1 aromatic heterocycles. The Balaban J connectivity index is 3.05. The molecule has 1 aromatic rings. The van der Waals surface area contributed by atoms with Crippen LogP contribution in [-0.2, 0) is 6.42 Å². The quantitative estimate of drug-likeness (QED) is 0.794. The summed E-state index contributed by atoms with van der Waals surface area (Å²) in [7, 11) is 2.11. The molecule has 4 nitrogen and oxygen atoms in total. The maximum absolute atomic E-state index is 4.72. The monoisotopic (exact) mass is 282 g/mol. The summed E-state index contributed by atoms with van der Waals surface area (Å²) in [5.74, 6) is 4.09. The highest BCUT2D eigenvalue weighted by Crippen LogP contribution is 2.23. The normalized spacial score (nSPS) is 10.6. The van der Waals surface area contributed by atoms with Crippen LogP contribution in [0.3, 0.4) is 0 Å². The Morgan fingerprint density at radius 3 is 2.58 bits per heavy atom. The Hall–Kier alpha value is -0.970.